The third-order valence-electron chi connectivity index (χ3n) is 2.70. The molecule has 0 saturated carbocycles. The van der Waals surface area contributed by atoms with Crippen molar-refractivity contribution in [3.8, 4) is 11.3 Å². The Hall–Kier alpha value is -1.62. The number of hydrogen-bond donors (Lipinski definition) is 1. The van der Waals surface area contributed by atoms with Gasteiger partial charge in [0, 0.05) is 11.0 Å². The molecule has 1 aromatic heterocycles. The first-order chi connectivity index (χ1) is 8.79. The normalized spacial score (nSPS) is 11.6. The summed E-state index contributed by atoms with van der Waals surface area (Å²) in [7, 11) is 0. The van der Waals surface area contributed by atoms with Crippen molar-refractivity contribution in [2.45, 2.75) is 26.2 Å². The summed E-state index contributed by atoms with van der Waals surface area (Å²) in [6, 6.07) is 5.58. The Morgan fingerprint density at radius 1 is 1.21 bits per heavy atom. The molecule has 0 fully saturated rings. The van der Waals surface area contributed by atoms with E-state index in [4.69, 9.17) is 12.2 Å². The highest BCUT2D eigenvalue weighted by molar-refractivity contribution is 7.71. The largest absolute Gasteiger partial charge is 0.343 e. The van der Waals surface area contributed by atoms with Gasteiger partial charge in [-0.1, -0.05) is 39.1 Å². The zero-order valence-electron chi connectivity index (χ0n) is 10.9. The third-order valence-corrected chi connectivity index (χ3v) is 2.90. The second-order valence-corrected chi connectivity index (χ2v) is 5.75. The van der Waals surface area contributed by atoms with Gasteiger partial charge < -0.3 is 4.98 Å². The lowest BCUT2D eigenvalue weighted by Crippen LogP contribution is -2.16. The van der Waals surface area contributed by atoms with E-state index in [1.807, 2.05) is 20.8 Å². The van der Waals surface area contributed by atoms with E-state index in [0.29, 0.717) is 16.2 Å². The Morgan fingerprint density at radius 3 is 2.53 bits per heavy atom. The second-order valence-electron chi connectivity index (χ2n) is 5.33. The van der Waals surface area contributed by atoms with Gasteiger partial charge in [-0.05, 0) is 18.2 Å². The van der Waals surface area contributed by atoms with Crippen LogP contribution in [0, 0.1) is 16.3 Å². The number of aromatic amines is 1. The summed E-state index contributed by atoms with van der Waals surface area (Å²) in [5.74, 6) is -1.14. The maximum absolute atomic E-state index is 13.8. The average Bonchev–Trinajstić information content (AvgIpc) is 2.31. The molecule has 0 bridgehead atoms. The van der Waals surface area contributed by atoms with Crippen molar-refractivity contribution in [2.75, 3.05) is 0 Å². The average molecular weight is 280 g/mol. The molecule has 0 aliphatic rings. The van der Waals surface area contributed by atoms with Gasteiger partial charge in [0.1, 0.15) is 10.5 Å². The molecular weight excluding hydrogens is 266 g/mol. The Morgan fingerprint density at radius 2 is 1.89 bits per heavy atom. The lowest BCUT2D eigenvalue weighted by Gasteiger charge is -2.18. The highest BCUT2D eigenvalue weighted by Gasteiger charge is 2.18. The number of aromatic nitrogens is 2. The van der Waals surface area contributed by atoms with E-state index in [1.54, 1.807) is 0 Å². The van der Waals surface area contributed by atoms with Crippen LogP contribution in [0.1, 0.15) is 26.6 Å². The van der Waals surface area contributed by atoms with Crippen molar-refractivity contribution >= 4 is 12.2 Å². The fraction of sp³-hybridized carbons (Fsp3) is 0.286. The van der Waals surface area contributed by atoms with Gasteiger partial charge in [0.2, 0.25) is 0 Å². The summed E-state index contributed by atoms with van der Waals surface area (Å²) in [4.78, 5) is 7.25. The quantitative estimate of drug-likeness (QED) is 0.785. The highest BCUT2D eigenvalue weighted by Crippen LogP contribution is 2.25. The number of benzene rings is 1. The molecule has 1 N–H and O–H groups in total. The van der Waals surface area contributed by atoms with E-state index in [1.165, 1.54) is 18.2 Å². The standard InChI is InChI=1S/C14H14F2N2S/c1-14(2,3)13-17-10(7-11(19)18-13)8-5-4-6-9(15)12(8)16/h4-7H,1-3H3,(H,17,18,19). The molecule has 0 aliphatic heterocycles. The van der Waals surface area contributed by atoms with Crippen LogP contribution in [-0.4, -0.2) is 9.97 Å². The molecule has 0 unspecified atom stereocenters. The van der Waals surface area contributed by atoms with E-state index < -0.39 is 11.6 Å². The predicted octanol–water partition coefficient (Wildman–Crippen LogP) is 4.38. The highest BCUT2D eigenvalue weighted by atomic mass is 32.1. The third kappa shape index (κ3) is 2.87. The molecule has 0 saturated heterocycles. The zero-order chi connectivity index (χ0) is 14.2. The van der Waals surface area contributed by atoms with E-state index >= 15 is 0 Å². The SMILES string of the molecule is CC(C)(C)c1nc(=S)cc(-c2cccc(F)c2F)[nH]1. The maximum Gasteiger partial charge on any atom is 0.168 e. The predicted molar refractivity (Wildman–Crippen MR) is 73.5 cm³/mol. The van der Waals surface area contributed by atoms with Gasteiger partial charge in [-0.25, -0.2) is 13.8 Å². The number of nitrogens with zero attached hydrogens (tertiary/aromatic N) is 1. The lowest BCUT2D eigenvalue weighted by atomic mass is 9.95. The number of halogens is 2. The van der Waals surface area contributed by atoms with Crippen molar-refractivity contribution in [3.05, 3.63) is 46.4 Å². The smallest absolute Gasteiger partial charge is 0.168 e. The van der Waals surface area contributed by atoms with Crippen molar-refractivity contribution < 1.29 is 8.78 Å². The van der Waals surface area contributed by atoms with Crippen LogP contribution in [-0.2, 0) is 5.41 Å². The van der Waals surface area contributed by atoms with Crippen molar-refractivity contribution in [1.29, 1.82) is 0 Å². The van der Waals surface area contributed by atoms with Crippen LogP contribution in [0.25, 0.3) is 11.3 Å². The van der Waals surface area contributed by atoms with Crippen LogP contribution in [0.4, 0.5) is 8.78 Å². The van der Waals surface area contributed by atoms with Gasteiger partial charge in [0.25, 0.3) is 0 Å². The Bertz CT molecular complexity index is 672. The molecule has 100 valence electrons. The number of rotatable bonds is 1. The zero-order valence-corrected chi connectivity index (χ0v) is 11.7. The Labute approximate surface area is 115 Å². The molecule has 0 aliphatic carbocycles. The second kappa shape index (κ2) is 4.81. The molecule has 0 amide bonds. The fourth-order valence-corrected chi connectivity index (χ4v) is 1.88. The first-order valence-corrected chi connectivity index (χ1v) is 6.26. The van der Waals surface area contributed by atoms with Gasteiger partial charge in [-0.15, -0.1) is 0 Å². The molecule has 2 nitrogen and oxygen atoms in total. The van der Waals surface area contributed by atoms with E-state index in [-0.39, 0.29) is 11.0 Å². The van der Waals surface area contributed by atoms with Gasteiger partial charge in [0.05, 0.1) is 5.69 Å². The van der Waals surface area contributed by atoms with Crippen LogP contribution in [0.3, 0.4) is 0 Å². The summed E-state index contributed by atoms with van der Waals surface area (Å²) in [5.41, 5.74) is 0.328. The monoisotopic (exact) mass is 280 g/mol. The minimum atomic E-state index is -0.890. The van der Waals surface area contributed by atoms with Crippen molar-refractivity contribution in [3.63, 3.8) is 0 Å². The first kappa shape index (κ1) is 13.8. The molecule has 0 radical (unpaired) electrons. The molecule has 19 heavy (non-hydrogen) atoms. The molecule has 1 heterocycles. The van der Waals surface area contributed by atoms with E-state index in [9.17, 15) is 8.78 Å². The summed E-state index contributed by atoms with van der Waals surface area (Å²) in [6.07, 6.45) is 0. The molecule has 0 atom stereocenters. The van der Waals surface area contributed by atoms with Gasteiger partial charge in [0.15, 0.2) is 11.6 Å². The van der Waals surface area contributed by atoms with Gasteiger partial charge in [-0.2, -0.15) is 0 Å². The lowest BCUT2D eigenvalue weighted by molar-refractivity contribution is 0.510. The van der Waals surface area contributed by atoms with Crippen LogP contribution >= 0.6 is 12.2 Å². The number of H-pyrrole nitrogens is 1. The topological polar surface area (TPSA) is 28.7 Å². The maximum atomic E-state index is 13.8. The summed E-state index contributed by atoms with van der Waals surface area (Å²) < 4.78 is 27.4. The summed E-state index contributed by atoms with van der Waals surface area (Å²) in [5, 5.41) is 0. The fourth-order valence-electron chi connectivity index (χ4n) is 1.67. The number of nitrogens with one attached hydrogen (secondary N) is 1. The first-order valence-electron chi connectivity index (χ1n) is 5.85. The molecule has 2 rings (SSSR count). The molecular formula is C14H14F2N2S. The molecule has 0 spiro atoms. The van der Waals surface area contributed by atoms with Gasteiger partial charge in [-0.3, -0.25) is 0 Å². The summed E-state index contributed by atoms with van der Waals surface area (Å²) in [6.45, 7) is 5.89. The molecule has 2 aromatic rings. The van der Waals surface area contributed by atoms with Crippen LogP contribution in [0.5, 0.6) is 0 Å². The minimum Gasteiger partial charge on any atom is -0.343 e. The van der Waals surface area contributed by atoms with E-state index in [2.05, 4.69) is 9.97 Å². The summed E-state index contributed by atoms with van der Waals surface area (Å²) >= 11 is 5.08. The van der Waals surface area contributed by atoms with Crippen molar-refractivity contribution in [2.24, 2.45) is 0 Å². The Kier molecular flexibility index (Phi) is 3.49. The Balaban J connectivity index is 2.67. The van der Waals surface area contributed by atoms with Crippen molar-refractivity contribution in [1.82, 2.24) is 9.97 Å². The van der Waals surface area contributed by atoms with Crippen LogP contribution in [0.15, 0.2) is 24.3 Å². The number of hydrogen-bond acceptors (Lipinski definition) is 2. The minimum absolute atomic E-state index is 0.152. The van der Waals surface area contributed by atoms with Crippen LogP contribution < -0.4 is 0 Å². The van der Waals surface area contributed by atoms with Gasteiger partial charge >= 0.3 is 0 Å². The van der Waals surface area contributed by atoms with E-state index in [0.717, 1.165) is 6.07 Å². The van der Waals surface area contributed by atoms with Crippen LogP contribution in [0.2, 0.25) is 0 Å². The molecule has 1 aromatic carbocycles. The molecule has 5 heteroatoms.